The lowest BCUT2D eigenvalue weighted by Gasteiger charge is -2.26. The van der Waals surface area contributed by atoms with Crippen LogP contribution in [0.5, 0.6) is 11.5 Å². The molecule has 8 aromatic carbocycles. The number of phenolic OH excluding ortho intramolecular Hbond substituents is 2. The highest BCUT2D eigenvalue weighted by molar-refractivity contribution is 6.01. The minimum Gasteiger partial charge on any atom is -0.507 e. The fraction of sp³-hybridized carbons (Fsp3) is 0.154. The molecule has 0 heterocycles. The summed E-state index contributed by atoms with van der Waals surface area (Å²) in [6.45, 7) is 5.93. The van der Waals surface area contributed by atoms with Gasteiger partial charge in [0.15, 0.2) is 0 Å². The van der Waals surface area contributed by atoms with Crippen molar-refractivity contribution in [2.24, 2.45) is 0 Å². The average molecular weight is 733 g/mol. The van der Waals surface area contributed by atoms with Crippen LogP contribution >= 0.6 is 0 Å². The maximum atomic E-state index is 11.9. The van der Waals surface area contributed by atoms with Gasteiger partial charge in [0.1, 0.15) is 11.5 Å². The third-order valence-electron chi connectivity index (χ3n) is 11.1. The Hall–Kier alpha value is -6.52. The molecule has 0 aromatic heterocycles. The predicted molar refractivity (Wildman–Crippen MR) is 238 cm³/mol. The highest BCUT2D eigenvalue weighted by atomic mass is 16.3. The van der Waals surface area contributed by atoms with Gasteiger partial charge in [-0.05, 0) is 107 Å². The number of hydrogen-bond acceptors (Lipinski definition) is 4. The van der Waals surface area contributed by atoms with Gasteiger partial charge >= 0.3 is 0 Å². The van der Waals surface area contributed by atoms with Gasteiger partial charge in [-0.1, -0.05) is 121 Å². The maximum Gasteiger partial charge on any atom is 0.131 e. The van der Waals surface area contributed by atoms with E-state index in [4.69, 9.17) is 0 Å². The van der Waals surface area contributed by atoms with Gasteiger partial charge in [0, 0.05) is 71.9 Å². The topological polar surface area (TPSA) is 46.9 Å². The van der Waals surface area contributed by atoms with Crippen LogP contribution in [0, 0.1) is 13.8 Å². The Morgan fingerprint density at radius 2 is 0.696 bits per heavy atom. The molecular formula is C52H48N2O2. The van der Waals surface area contributed by atoms with Gasteiger partial charge in [-0.25, -0.2) is 0 Å². The number of anilines is 2. The molecule has 0 aliphatic heterocycles. The standard InChI is InChI=1S/C52H48N2O2/c1-35-31-45(41-25-15-19-37-17-5-7-21-39(37)41)51(55)47(33-35)43-23-9-11-27-49(43)53(3)29-13-14-30-54(4)50-28-12-10-24-44(50)48-34-36(2)32-46(52(48)56)42-26-16-20-38-18-6-8-22-40(38)42/h5-12,15-28,31-34,55-56H,13-14,29-30H2,1-4H3. The van der Waals surface area contributed by atoms with Crippen LogP contribution in [-0.2, 0) is 0 Å². The number of nitrogens with zero attached hydrogens (tertiary/aromatic N) is 2. The Bertz CT molecular complexity index is 2500. The van der Waals surface area contributed by atoms with Crippen molar-refractivity contribution in [3.8, 4) is 56.0 Å². The predicted octanol–water partition coefficient (Wildman–Crippen LogP) is 13.0. The Morgan fingerprint density at radius 3 is 1.12 bits per heavy atom. The zero-order valence-corrected chi connectivity index (χ0v) is 32.6. The first kappa shape index (κ1) is 36.5. The van der Waals surface area contributed by atoms with E-state index < -0.39 is 0 Å². The molecule has 0 aliphatic carbocycles. The van der Waals surface area contributed by atoms with Crippen molar-refractivity contribution in [3.05, 3.63) is 169 Å². The zero-order chi connectivity index (χ0) is 38.8. The van der Waals surface area contributed by atoms with Gasteiger partial charge in [0.25, 0.3) is 0 Å². The molecule has 8 aromatic rings. The lowest BCUT2D eigenvalue weighted by Crippen LogP contribution is -2.23. The van der Waals surface area contributed by atoms with Crippen LogP contribution in [0.15, 0.2) is 158 Å². The number of para-hydroxylation sites is 2. The van der Waals surface area contributed by atoms with Crippen LogP contribution in [0.1, 0.15) is 24.0 Å². The SMILES string of the molecule is Cc1cc(-c2ccccc2N(C)CCCCN(C)c2ccccc2-c2cc(C)cc(-c3cccc4ccccc34)c2O)c(O)c(-c2cccc3ccccc23)c1. The van der Waals surface area contributed by atoms with Gasteiger partial charge in [-0.15, -0.1) is 0 Å². The fourth-order valence-corrected chi connectivity index (χ4v) is 8.31. The lowest BCUT2D eigenvalue weighted by molar-refractivity contribution is 0.478. The number of fused-ring (bicyclic) bond motifs is 2. The highest BCUT2D eigenvalue weighted by Crippen LogP contribution is 2.46. The fourth-order valence-electron chi connectivity index (χ4n) is 8.31. The normalized spacial score (nSPS) is 11.3. The second-order valence-corrected chi connectivity index (χ2v) is 15.1. The molecule has 0 unspecified atom stereocenters. The number of aromatic hydroxyl groups is 2. The molecule has 278 valence electrons. The van der Waals surface area contributed by atoms with Gasteiger partial charge in [0.05, 0.1) is 0 Å². The number of aryl methyl sites for hydroxylation is 2. The quantitative estimate of drug-likeness (QED) is 0.130. The van der Waals surface area contributed by atoms with Crippen molar-refractivity contribution in [2.45, 2.75) is 26.7 Å². The van der Waals surface area contributed by atoms with Crippen LogP contribution in [0.4, 0.5) is 11.4 Å². The molecule has 56 heavy (non-hydrogen) atoms. The number of benzene rings is 8. The molecule has 0 aliphatic rings. The molecule has 0 bridgehead atoms. The zero-order valence-electron chi connectivity index (χ0n) is 32.6. The molecule has 0 amide bonds. The summed E-state index contributed by atoms with van der Waals surface area (Å²) >= 11 is 0. The Morgan fingerprint density at radius 1 is 0.375 bits per heavy atom. The van der Waals surface area contributed by atoms with Crippen molar-refractivity contribution < 1.29 is 10.2 Å². The van der Waals surface area contributed by atoms with Crippen molar-refractivity contribution in [2.75, 3.05) is 37.0 Å². The number of phenols is 2. The number of hydrogen-bond donors (Lipinski definition) is 2. The Balaban J connectivity index is 1.00. The molecular weight excluding hydrogens is 685 g/mol. The summed E-state index contributed by atoms with van der Waals surface area (Å²) in [5, 5.41) is 28.3. The minimum atomic E-state index is 0.303. The second kappa shape index (κ2) is 15.7. The van der Waals surface area contributed by atoms with Crippen LogP contribution < -0.4 is 9.80 Å². The molecule has 0 radical (unpaired) electrons. The van der Waals surface area contributed by atoms with E-state index in [1.165, 1.54) is 0 Å². The minimum absolute atomic E-state index is 0.303. The summed E-state index contributed by atoms with van der Waals surface area (Å²) < 4.78 is 0. The first-order chi connectivity index (χ1) is 27.3. The van der Waals surface area contributed by atoms with Crippen molar-refractivity contribution in [1.29, 1.82) is 0 Å². The van der Waals surface area contributed by atoms with Crippen molar-refractivity contribution in [3.63, 3.8) is 0 Å². The maximum absolute atomic E-state index is 11.9. The van der Waals surface area contributed by atoms with Crippen molar-refractivity contribution in [1.82, 2.24) is 0 Å². The van der Waals surface area contributed by atoms with E-state index in [0.29, 0.717) is 11.5 Å². The Kier molecular flexibility index (Phi) is 10.2. The van der Waals surface area contributed by atoms with Gasteiger partial charge in [0.2, 0.25) is 0 Å². The van der Waals surface area contributed by atoms with Gasteiger partial charge < -0.3 is 20.0 Å². The van der Waals surface area contributed by atoms with E-state index in [1.807, 2.05) is 0 Å². The summed E-state index contributed by atoms with van der Waals surface area (Å²) in [5.74, 6) is 0.606. The van der Waals surface area contributed by atoms with Crippen molar-refractivity contribution >= 4 is 32.9 Å². The summed E-state index contributed by atoms with van der Waals surface area (Å²) in [5.41, 5.74) is 11.9. The van der Waals surface area contributed by atoms with Crippen LogP contribution in [-0.4, -0.2) is 37.4 Å². The molecule has 0 atom stereocenters. The van der Waals surface area contributed by atoms with Crippen LogP contribution in [0.3, 0.4) is 0 Å². The molecule has 0 spiro atoms. The van der Waals surface area contributed by atoms with E-state index in [1.54, 1.807) is 0 Å². The lowest BCUT2D eigenvalue weighted by atomic mass is 9.91. The van der Waals surface area contributed by atoms with E-state index in [0.717, 1.165) is 114 Å². The van der Waals surface area contributed by atoms with Gasteiger partial charge in [-0.2, -0.15) is 0 Å². The smallest absolute Gasteiger partial charge is 0.131 e. The van der Waals surface area contributed by atoms with Crippen LogP contribution in [0.2, 0.25) is 0 Å². The first-order valence-corrected chi connectivity index (χ1v) is 19.5. The first-order valence-electron chi connectivity index (χ1n) is 19.5. The largest absolute Gasteiger partial charge is 0.507 e. The number of rotatable bonds is 11. The molecule has 0 saturated heterocycles. The van der Waals surface area contributed by atoms with E-state index >= 15 is 0 Å². The van der Waals surface area contributed by atoms with E-state index in [2.05, 4.69) is 195 Å². The third kappa shape index (κ3) is 7.07. The monoisotopic (exact) mass is 732 g/mol. The molecule has 8 rings (SSSR count). The molecule has 2 N–H and O–H groups in total. The molecule has 0 fully saturated rings. The highest BCUT2D eigenvalue weighted by Gasteiger charge is 2.20. The summed E-state index contributed by atoms with van der Waals surface area (Å²) in [6.07, 6.45) is 1.97. The molecule has 0 saturated carbocycles. The van der Waals surface area contributed by atoms with E-state index in [-0.39, 0.29) is 0 Å². The second-order valence-electron chi connectivity index (χ2n) is 15.1. The summed E-state index contributed by atoms with van der Waals surface area (Å²) in [6, 6.07) is 54.4. The molecule has 4 nitrogen and oxygen atoms in total. The van der Waals surface area contributed by atoms with Gasteiger partial charge in [-0.3, -0.25) is 0 Å². The van der Waals surface area contributed by atoms with Crippen LogP contribution in [0.25, 0.3) is 66.1 Å². The average Bonchev–Trinajstić information content (AvgIpc) is 3.23. The summed E-state index contributed by atoms with van der Waals surface area (Å²) in [4.78, 5) is 4.62. The number of unbranched alkanes of at least 4 members (excludes halogenated alkanes) is 1. The van der Waals surface area contributed by atoms with E-state index in [9.17, 15) is 10.2 Å². The summed E-state index contributed by atoms with van der Waals surface area (Å²) in [7, 11) is 4.29. The molecule has 4 heteroatoms. The third-order valence-corrected chi connectivity index (χ3v) is 11.1. The Labute approximate surface area is 330 Å².